The third-order valence-corrected chi connectivity index (χ3v) is 6.89. The van der Waals surface area contributed by atoms with E-state index in [1.54, 1.807) is 0 Å². The number of aromatic carboxylic acids is 1. The average molecular weight is 431 g/mol. The Morgan fingerprint density at radius 1 is 1.29 bits per heavy atom. The first-order valence-electron chi connectivity index (χ1n) is 5.21. The number of thiophene rings is 1. The zero-order valence-corrected chi connectivity index (χ0v) is 14.7. The van der Waals surface area contributed by atoms with E-state index in [2.05, 4.69) is 20.7 Å². The lowest BCUT2D eigenvalue weighted by Gasteiger charge is -2.09. The minimum Gasteiger partial charge on any atom is -0.478 e. The third kappa shape index (κ3) is 3.70. The Balaban J connectivity index is 2.45. The van der Waals surface area contributed by atoms with Crippen molar-refractivity contribution in [2.75, 3.05) is 4.72 Å². The van der Waals surface area contributed by atoms with Crippen LogP contribution in [0, 0.1) is 0 Å². The van der Waals surface area contributed by atoms with Crippen LogP contribution in [0.25, 0.3) is 0 Å². The molecule has 1 aromatic carbocycles. The fourth-order valence-electron chi connectivity index (χ4n) is 1.44. The molecule has 0 amide bonds. The highest BCUT2D eigenvalue weighted by molar-refractivity contribution is 9.11. The predicted molar refractivity (Wildman–Crippen MR) is 86.2 cm³/mol. The Labute approximate surface area is 142 Å². The Morgan fingerprint density at radius 3 is 2.48 bits per heavy atom. The van der Waals surface area contributed by atoms with Gasteiger partial charge in [-0.2, -0.15) is 0 Å². The second kappa shape index (κ2) is 6.13. The smallest absolute Gasteiger partial charge is 0.337 e. The lowest BCUT2D eigenvalue weighted by Crippen LogP contribution is -2.14. The van der Waals surface area contributed by atoms with Crippen molar-refractivity contribution >= 4 is 72.1 Å². The molecule has 2 N–H and O–H groups in total. The topological polar surface area (TPSA) is 83.5 Å². The largest absolute Gasteiger partial charge is 0.478 e. The van der Waals surface area contributed by atoms with E-state index in [1.807, 2.05) is 0 Å². The molecule has 0 atom stereocenters. The summed E-state index contributed by atoms with van der Waals surface area (Å²) in [5, 5.41) is 9.53. The van der Waals surface area contributed by atoms with Gasteiger partial charge in [-0.25, -0.2) is 13.2 Å². The summed E-state index contributed by atoms with van der Waals surface area (Å²) in [5.74, 6) is -1.27. The minimum atomic E-state index is -3.96. The van der Waals surface area contributed by atoms with Gasteiger partial charge in [-0.3, -0.25) is 4.72 Å². The molecule has 10 heteroatoms. The number of nitrogens with one attached hydrogen (secondary N) is 1. The number of sulfonamides is 1. The molecule has 2 aromatic rings. The molecular formula is C11H6BrCl2NO4S2. The lowest BCUT2D eigenvalue weighted by atomic mass is 10.2. The van der Waals surface area contributed by atoms with Gasteiger partial charge in [-0.1, -0.05) is 23.2 Å². The van der Waals surface area contributed by atoms with Gasteiger partial charge < -0.3 is 5.11 Å². The first-order chi connectivity index (χ1) is 9.70. The van der Waals surface area contributed by atoms with Gasteiger partial charge in [0, 0.05) is 5.02 Å². The van der Waals surface area contributed by atoms with Crippen LogP contribution in [0.1, 0.15) is 10.4 Å². The fourth-order valence-corrected chi connectivity index (χ4v) is 5.08. The first kappa shape index (κ1) is 16.6. The second-order valence-corrected chi connectivity index (χ2v) is 8.91. The van der Waals surface area contributed by atoms with Crippen LogP contribution in [-0.4, -0.2) is 19.5 Å². The van der Waals surface area contributed by atoms with Crippen LogP contribution >= 0.6 is 50.5 Å². The van der Waals surface area contributed by atoms with Crippen molar-refractivity contribution in [3.8, 4) is 0 Å². The van der Waals surface area contributed by atoms with E-state index in [-0.39, 0.29) is 25.5 Å². The van der Waals surface area contributed by atoms with E-state index < -0.39 is 16.0 Å². The molecule has 0 aliphatic carbocycles. The molecule has 1 aromatic heterocycles. The summed E-state index contributed by atoms with van der Waals surface area (Å²) in [6.07, 6.45) is 0. The highest BCUT2D eigenvalue weighted by atomic mass is 79.9. The van der Waals surface area contributed by atoms with Crippen molar-refractivity contribution in [3.63, 3.8) is 0 Å². The molecular weight excluding hydrogens is 425 g/mol. The SMILES string of the molecule is O=C(O)c1ccc(Cl)cc1NS(=O)(=O)c1cc(Cl)c(Br)s1. The van der Waals surface area contributed by atoms with E-state index in [0.717, 1.165) is 11.3 Å². The summed E-state index contributed by atoms with van der Waals surface area (Å²) < 4.78 is 27.1. The van der Waals surface area contributed by atoms with Gasteiger partial charge in [-0.15, -0.1) is 11.3 Å². The maximum Gasteiger partial charge on any atom is 0.337 e. The van der Waals surface area contributed by atoms with Crippen molar-refractivity contribution in [3.05, 3.63) is 43.7 Å². The number of hydrogen-bond donors (Lipinski definition) is 2. The van der Waals surface area contributed by atoms with Crippen LogP contribution in [0.4, 0.5) is 5.69 Å². The molecule has 112 valence electrons. The average Bonchev–Trinajstić information content (AvgIpc) is 2.69. The van der Waals surface area contributed by atoms with Crippen LogP contribution < -0.4 is 4.72 Å². The van der Waals surface area contributed by atoms with Gasteiger partial charge in [-0.05, 0) is 40.2 Å². The predicted octanol–water partition coefficient (Wildman–Crippen LogP) is 4.32. The summed E-state index contributed by atoms with van der Waals surface area (Å²) in [7, 11) is -3.96. The number of carbonyl (C=O) groups is 1. The third-order valence-electron chi connectivity index (χ3n) is 2.34. The lowest BCUT2D eigenvalue weighted by molar-refractivity contribution is 0.0698. The van der Waals surface area contributed by atoms with Gasteiger partial charge in [0.2, 0.25) is 0 Å². The van der Waals surface area contributed by atoms with Crippen molar-refractivity contribution in [1.29, 1.82) is 0 Å². The molecule has 0 spiro atoms. The van der Waals surface area contributed by atoms with Crippen molar-refractivity contribution in [2.24, 2.45) is 0 Å². The number of benzene rings is 1. The van der Waals surface area contributed by atoms with E-state index in [1.165, 1.54) is 24.3 Å². The van der Waals surface area contributed by atoms with Gasteiger partial charge in [0.25, 0.3) is 10.0 Å². The quantitative estimate of drug-likeness (QED) is 0.756. The van der Waals surface area contributed by atoms with Crippen LogP contribution in [0.15, 0.2) is 32.3 Å². The molecule has 2 rings (SSSR count). The van der Waals surface area contributed by atoms with E-state index in [9.17, 15) is 13.2 Å². The normalized spacial score (nSPS) is 11.4. The summed E-state index contributed by atoms with van der Waals surface area (Å²) in [6.45, 7) is 0. The molecule has 0 saturated carbocycles. The van der Waals surface area contributed by atoms with Crippen molar-refractivity contribution in [2.45, 2.75) is 4.21 Å². The molecule has 0 bridgehead atoms. The molecule has 0 aliphatic heterocycles. The van der Waals surface area contributed by atoms with Gasteiger partial charge in [0.1, 0.15) is 4.21 Å². The highest BCUT2D eigenvalue weighted by Gasteiger charge is 2.22. The fraction of sp³-hybridized carbons (Fsp3) is 0. The van der Waals surface area contributed by atoms with Crippen molar-refractivity contribution in [1.82, 2.24) is 0 Å². The molecule has 21 heavy (non-hydrogen) atoms. The number of carboxylic acids is 1. The molecule has 0 radical (unpaired) electrons. The van der Waals surface area contributed by atoms with E-state index in [4.69, 9.17) is 28.3 Å². The second-order valence-electron chi connectivity index (χ2n) is 3.79. The number of anilines is 1. The zero-order chi connectivity index (χ0) is 15.8. The van der Waals surface area contributed by atoms with Crippen LogP contribution in [0.5, 0.6) is 0 Å². The maximum atomic E-state index is 12.2. The van der Waals surface area contributed by atoms with Crippen molar-refractivity contribution < 1.29 is 18.3 Å². The minimum absolute atomic E-state index is 0.0457. The monoisotopic (exact) mass is 429 g/mol. The summed E-state index contributed by atoms with van der Waals surface area (Å²) >= 11 is 15.6. The molecule has 0 unspecified atom stereocenters. The number of halogens is 3. The maximum absolute atomic E-state index is 12.2. The number of rotatable bonds is 4. The Kier molecular flexibility index (Phi) is 4.84. The van der Waals surface area contributed by atoms with E-state index in [0.29, 0.717) is 3.79 Å². The highest BCUT2D eigenvalue weighted by Crippen LogP contribution is 2.35. The van der Waals surface area contributed by atoms with Crippen LogP contribution in [-0.2, 0) is 10.0 Å². The first-order valence-corrected chi connectivity index (χ1v) is 9.06. The van der Waals surface area contributed by atoms with Crippen LogP contribution in [0.3, 0.4) is 0 Å². The van der Waals surface area contributed by atoms with Gasteiger partial charge in [0.15, 0.2) is 0 Å². The van der Waals surface area contributed by atoms with Gasteiger partial charge >= 0.3 is 5.97 Å². The molecule has 1 heterocycles. The standard InChI is InChI=1S/C11H6BrCl2NO4S2/c12-10-7(14)4-9(20-10)21(18,19)15-8-3-5(13)1-2-6(8)11(16)17/h1-4,15H,(H,16,17). The number of hydrogen-bond acceptors (Lipinski definition) is 4. The number of carboxylic acid groups (broad SMARTS) is 1. The Morgan fingerprint density at radius 2 is 1.95 bits per heavy atom. The Hall–Kier alpha value is -0.800. The summed E-state index contributed by atoms with van der Waals surface area (Å²) in [6, 6.07) is 5.08. The Bertz CT molecular complexity index is 800. The summed E-state index contributed by atoms with van der Waals surface area (Å²) in [4.78, 5) is 11.1. The van der Waals surface area contributed by atoms with Crippen LogP contribution in [0.2, 0.25) is 10.0 Å². The summed E-state index contributed by atoms with van der Waals surface area (Å²) in [5.41, 5.74) is -0.319. The molecule has 5 nitrogen and oxygen atoms in total. The van der Waals surface area contributed by atoms with E-state index >= 15 is 0 Å². The van der Waals surface area contributed by atoms with Gasteiger partial charge in [0.05, 0.1) is 20.1 Å². The molecule has 0 saturated heterocycles. The molecule has 0 aliphatic rings. The zero-order valence-electron chi connectivity index (χ0n) is 9.93. The molecule has 0 fully saturated rings.